The summed E-state index contributed by atoms with van der Waals surface area (Å²) in [5.74, 6) is 0.406. The number of carbonyl (C=O) groups excluding carboxylic acids is 2. The predicted molar refractivity (Wildman–Crippen MR) is 108 cm³/mol. The Kier molecular flexibility index (Phi) is 7.09. The first kappa shape index (κ1) is 19.8. The minimum absolute atomic E-state index is 0.0494. The zero-order valence-corrected chi connectivity index (χ0v) is 16.5. The van der Waals surface area contributed by atoms with Gasteiger partial charge in [-0.2, -0.15) is 0 Å². The average molecular weight is 372 g/mol. The second-order valence-electron chi connectivity index (χ2n) is 6.52. The number of benzene rings is 1. The van der Waals surface area contributed by atoms with Gasteiger partial charge in [-0.25, -0.2) is 4.98 Å². The number of rotatable bonds is 7. The molecule has 6 heteroatoms. The molecule has 0 spiro atoms. The SMILES string of the molecule is CC(=O)N(c1ccccc1)c1nc(C=CC(=O)N(C)CCC(C)C)cs1. The van der Waals surface area contributed by atoms with E-state index in [4.69, 9.17) is 0 Å². The highest BCUT2D eigenvalue weighted by atomic mass is 32.1. The normalized spacial score (nSPS) is 11.1. The first-order valence-corrected chi connectivity index (χ1v) is 9.51. The number of nitrogens with zero attached hydrogens (tertiary/aromatic N) is 3. The Labute approximate surface area is 159 Å². The molecule has 0 aliphatic carbocycles. The molecule has 138 valence electrons. The number of aromatic nitrogens is 1. The Bertz CT molecular complexity index is 768. The lowest BCUT2D eigenvalue weighted by Gasteiger charge is -2.17. The Morgan fingerprint density at radius 2 is 1.92 bits per heavy atom. The number of carbonyl (C=O) groups is 2. The Hall–Kier alpha value is -2.47. The van der Waals surface area contributed by atoms with Gasteiger partial charge < -0.3 is 4.90 Å². The van der Waals surface area contributed by atoms with Crippen LogP contribution in [0, 0.1) is 5.92 Å². The van der Waals surface area contributed by atoms with Crippen LogP contribution in [-0.2, 0) is 9.59 Å². The summed E-state index contributed by atoms with van der Waals surface area (Å²) in [6, 6.07) is 9.40. The number of hydrogen-bond donors (Lipinski definition) is 0. The van der Waals surface area contributed by atoms with Crippen molar-refractivity contribution in [2.45, 2.75) is 27.2 Å². The molecule has 26 heavy (non-hydrogen) atoms. The van der Waals surface area contributed by atoms with Crippen molar-refractivity contribution >= 4 is 40.0 Å². The third kappa shape index (κ3) is 5.52. The summed E-state index contributed by atoms with van der Waals surface area (Å²) in [6.07, 6.45) is 4.19. The minimum Gasteiger partial charge on any atom is -0.342 e. The maximum absolute atomic E-state index is 12.1. The molecule has 1 heterocycles. The molecule has 1 aromatic carbocycles. The summed E-state index contributed by atoms with van der Waals surface area (Å²) in [7, 11) is 1.80. The van der Waals surface area contributed by atoms with Crippen LogP contribution < -0.4 is 4.90 Å². The van der Waals surface area contributed by atoms with Gasteiger partial charge in [-0.1, -0.05) is 32.0 Å². The van der Waals surface area contributed by atoms with Crippen molar-refractivity contribution in [2.24, 2.45) is 5.92 Å². The van der Waals surface area contributed by atoms with Crippen LogP contribution in [0.5, 0.6) is 0 Å². The van der Waals surface area contributed by atoms with Gasteiger partial charge in [0, 0.05) is 32.0 Å². The van der Waals surface area contributed by atoms with E-state index in [1.807, 2.05) is 35.7 Å². The highest BCUT2D eigenvalue weighted by molar-refractivity contribution is 7.14. The molecule has 2 aromatic rings. The van der Waals surface area contributed by atoms with Gasteiger partial charge in [0.05, 0.1) is 11.4 Å². The quantitative estimate of drug-likeness (QED) is 0.680. The zero-order chi connectivity index (χ0) is 19.1. The molecule has 0 fully saturated rings. The highest BCUT2D eigenvalue weighted by Gasteiger charge is 2.17. The Morgan fingerprint density at radius 3 is 2.54 bits per heavy atom. The largest absolute Gasteiger partial charge is 0.342 e. The summed E-state index contributed by atoms with van der Waals surface area (Å²) in [6.45, 7) is 6.52. The first-order chi connectivity index (χ1) is 12.4. The Morgan fingerprint density at radius 1 is 1.23 bits per heavy atom. The van der Waals surface area contributed by atoms with Gasteiger partial charge in [0.2, 0.25) is 11.8 Å². The molecule has 0 saturated heterocycles. The molecule has 0 aliphatic heterocycles. The van der Waals surface area contributed by atoms with Gasteiger partial charge in [-0.15, -0.1) is 11.3 Å². The monoisotopic (exact) mass is 371 g/mol. The van der Waals surface area contributed by atoms with E-state index >= 15 is 0 Å². The molecule has 0 radical (unpaired) electrons. The fraction of sp³-hybridized carbons (Fsp3) is 0.350. The third-order valence-electron chi connectivity index (χ3n) is 3.85. The van der Waals surface area contributed by atoms with Crippen molar-refractivity contribution in [3.63, 3.8) is 0 Å². The number of para-hydroxylation sites is 1. The van der Waals surface area contributed by atoms with Gasteiger partial charge in [-0.3, -0.25) is 14.5 Å². The van der Waals surface area contributed by atoms with Crippen LogP contribution in [0.2, 0.25) is 0 Å². The summed E-state index contributed by atoms with van der Waals surface area (Å²) in [4.78, 5) is 32.0. The van der Waals surface area contributed by atoms with Gasteiger partial charge in [0.1, 0.15) is 0 Å². The fourth-order valence-electron chi connectivity index (χ4n) is 2.31. The van der Waals surface area contributed by atoms with Crippen molar-refractivity contribution in [3.05, 3.63) is 47.5 Å². The lowest BCUT2D eigenvalue weighted by molar-refractivity contribution is -0.124. The number of hydrogen-bond acceptors (Lipinski definition) is 4. The maximum atomic E-state index is 12.1. The van der Waals surface area contributed by atoms with Gasteiger partial charge in [0.15, 0.2) is 5.13 Å². The highest BCUT2D eigenvalue weighted by Crippen LogP contribution is 2.29. The third-order valence-corrected chi connectivity index (χ3v) is 4.69. The molecular weight excluding hydrogens is 346 g/mol. The van der Waals surface area contributed by atoms with E-state index in [9.17, 15) is 9.59 Å². The van der Waals surface area contributed by atoms with Gasteiger partial charge in [0.25, 0.3) is 0 Å². The van der Waals surface area contributed by atoms with Crippen molar-refractivity contribution in [1.82, 2.24) is 9.88 Å². The summed E-state index contributed by atoms with van der Waals surface area (Å²) >= 11 is 1.37. The number of likely N-dealkylation sites (N-methyl/N-ethyl adjacent to an activating group) is 1. The molecule has 0 N–H and O–H groups in total. The molecule has 0 unspecified atom stereocenters. The molecule has 0 bridgehead atoms. The lowest BCUT2D eigenvalue weighted by atomic mass is 10.1. The standard InChI is InChI=1S/C20H25N3O2S/c1-15(2)12-13-22(4)19(25)11-10-17-14-26-20(21-17)23(16(3)24)18-8-6-5-7-9-18/h5-11,14-15H,12-13H2,1-4H3. The van der Waals surface area contributed by atoms with Crippen LogP contribution in [0.15, 0.2) is 41.8 Å². The topological polar surface area (TPSA) is 53.5 Å². The lowest BCUT2D eigenvalue weighted by Crippen LogP contribution is -2.26. The van der Waals surface area contributed by atoms with E-state index in [0.717, 1.165) is 18.7 Å². The summed E-state index contributed by atoms with van der Waals surface area (Å²) in [5, 5.41) is 2.43. The van der Waals surface area contributed by atoms with Crippen molar-refractivity contribution in [3.8, 4) is 0 Å². The van der Waals surface area contributed by atoms with Crippen LogP contribution in [0.3, 0.4) is 0 Å². The molecular formula is C20H25N3O2S. The molecule has 0 atom stereocenters. The van der Waals surface area contributed by atoms with E-state index in [1.165, 1.54) is 24.3 Å². The van der Waals surface area contributed by atoms with E-state index in [-0.39, 0.29) is 11.8 Å². The predicted octanol–water partition coefficient (Wildman–Crippen LogP) is 4.35. The van der Waals surface area contributed by atoms with Crippen LogP contribution in [-0.4, -0.2) is 35.3 Å². The van der Waals surface area contributed by atoms with Crippen LogP contribution in [0.1, 0.15) is 32.9 Å². The minimum atomic E-state index is -0.106. The molecule has 1 aromatic heterocycles. The summed E-state index contributed by atoms with van der Waals surface area (Å²) < 4.78 is 0. The molecule has 2 rings (SSSR count). The first-order valence-electron chi connectivity index (χ1n) is 8.63. The molecule has 5 nitrogen and oxygen atoms in total. The molecule has 0 saturated carbocycles. The van der Waals surface area contributed by atoms with E-state index in [2.05, 4.69) is 18.8 Å². The van der Waals surface area contributed by atoms with E-state index in [0.29, 0.717) is 16.7 Å². The fourth-order valence-corrected chi connectivity index (χ4v) is 3.16. The average Bonchev–Trinajstić information content (AvgIpc) is 3.06. The van der Waals surface area contributed by atoms with Gasteiger partial charge >= 0.3 is 0 Å². The zero-order valence-electron chi connectivity index (χ0n) is 15.7. The smallest absolute Gasteiger partial charge is 0.246 e. The summed E-state index contributed by atoms with van der Waals surface area (Å²) in [5.41, 5.74) is 1.44. The molecule has 0 aliphatic rings. The van der Waals surface area contributed by atoms with Crippen molar-refractivity contribution in [2.75, 3.05) is 18.5 Å². The second kappa shape index (κ2) is 9.29. The number of thiazole rings is 1. The Balaban J connectivity index is 2.08. The van der Waals surface area contributed by atoms with Crippen LogP contribution in [0.4, 0.5) is 10.8 Å². The van der Waals surface area contributed by atoms with Gasteiger partial charge in [-0.05, 0) is 30.5 Å². The van der Waals surface area contributed by atoms with E-state index < -0.39 is 0 Å². The van der Waals surface area contributed by atoms with Crippen LogP contribution >= 0.6 is 11.3 Å². The second-order valence-corrected chi connectivity index (χ2v) is 7.36. The molecule has 2 amide bonds. The number of amides is 2. The maximum Gasteiger partial charge on any atom is 0.246 e. The number of anilines is 2. The van der Waals surface area contributed by atoms with Crippen molar-refractivity contribution < 1.29 is 9.59 Å². The van der Waals surface area contributed by atoms with E-state index in [1.54, 1.807) is 22.9 Å². The van der Waals surface area contributed by atoms with Crippen molar-refractivity contribution in [1.29, 1.82) is 0 Å². The van der Waals surface area contributed by atoms with Crippen LogP contribution in [0.25, 0.3) is 6.08 Å².